The normalized spacial score (nSPS) is 10.3. The summed E-state index contributed by atoms with van der Waals surface area (Å²) in [6.45, 7) is 1.81. The van der Waals surface area contributed by atoms with Crippen molar-refractivity contribution in [2.24, 2.45) is 0 Å². The first kappa shape index (κ1) is 10.4. The smallest absolute Gasteiger partial charge is 0.383 e. The maximum atomic E-state index is 11.5. The van der Waals surface area contributed by atoms with E-state index in [0.717, 1.165) is 5.39 Å². The van der Waals surface area contributed by atoms with Crippen molar-refractivity contribution in [1.29, 1.82) is 0 Å². The van der Waals surface area contributed by atoms with Crippen LogP contribution in [-0.4, -0.2) is 18.4 Å². The number of Topliss-reactive ketones (excluding diaryl/α,β-unsaturated/α-hetero) is 1. The van der Waals surface area contributed by atoms with E-state index in [-0.39, 0.29) is 12.4 Å². The molecule has 0 N–H and O–H groups in total. The molecule has 0 bridgehead atoms. The van der Waals surface area contributed by atoms with E-state index in [0.29, 0.717) is 5.58 Å². The van der Waals surface area contributed by atoms with Gasteiger partial charge in [-0.2, -0.15) is 0 Å². The lowest BCUT2D eigenvalue weighted by molar-refractivity contribution is -0.137. The van der Waals surface area contributed by atoms with Crippen molar-refractivity contribution in [3.05, 3.63) is 36.1 Å². The average Bonchev–Trinajstić information content (AvgIpc) is 2.71. The lowest BCUT2D eigenvalue weighted by atomic mass is 10.2. The van der Waals surface area contributed by atoms with Crippen LogP contribution in [-0.2, 0) is 9.53 Å². The van der Waals surface area contributed by atoms with Crippen LogP contribution in [0.1, 0.15) is 17.5 Å². The second-order valence-electron chi connectivity index (χ2n) is 3.20. The van der Waals surface area contributed by atoms with Gasteiger partial charge in [0.15, 0.2) is 5.76 Å². The number of furan rings is 1. The van der Waals surface area contributed by atoms with Crippen LogP contribution < -0.4 is 0 Å². The third-order valence-corrected chi connectivity index (χ3v) is 2.11. The maximum absolute atomic E-state index is 11.5. The summed E-state index contributed by atoms with van der Waals surface area (Å²) < 4.78 is 9.85. The molecule has 2 aromatic rings. The number of ketones is 1. The van der Waals surface area contributed by atoms with Gasteiger partial charge in [0, 0.05) is 5.39 Å². The molecular weight excluding hydrogens is 208 g/mol. The molecule has 4 nitrogen and oxygen atoms in total. The third-order valence-electron chi connectivity index (χ3n) is 2.11. The van der Waals surface area contributed by atoms with E-state index in [9.17, 15) is 9.59 Å². The van der Waals surface area contributed by atoms with E-state index in [1.807, 2.05) is 6.07 Å². The Morgan fingerprint density at radius 2 is 2.06 bits per heavy atom. The van der Waals surface area contributed by atoms with Gasteiger partial charge in [-0.15, -0.1) is 0 Å². The first-order valence-corrected chi connectivity index (χ1v) is 4.92. The fourth-order valence-electron chi connectivity index (χ4n) is 1.39. The molecule has 0 aliphatic carbocycles. The molecule has 0 aliphatic heterocycles. The molecule has 0 unspecified atom stereocenters. The Morgan fingerprint density at radius 3 is 2.75 bits per heavy atom. The molecule has 0 aliphatic rings. The van der Waals surface area contributed by atoms with Crippen LogP contribution in [0.2, 0.25) is 0 Å². The molecule has 1 aromatic carbocycles. The molecule has 4 heteroatoms. The summed E-state index contributed by atoms with van der Waals surface area (Å²) in [6.07, 6.45) is 0. The highest BCUT2D eigenvalue weighted by molar-refractivity contribution is 6.40. The number of fused-ring (bicyclic) bond motifs is 1. The Morgan fingerprint density at radius 1 is 1.31 bits per heavy atom. The van der Waals surface area contributed by atoms with E-state index in [4.69, 9.17) is 4.42 Å². The van der Waals surface area contributed by atoms with Crippen molar-refractivity contribution < 1.29 is 18.7 Å². The lowest BCUT2D eigenvalue weighted by Crippen LogP contribution is -2.16. The van der Waals surface area contributed by atoms with Gasteiger partial charge in [-0.1, -0.05) is 18.2 Å². The third kappa shape index (κ3) is 1.82. The van der Waals surface area contributed by atoms with Crippen LogP contribution in [0.4, 0.5) is 0 Å². The fraction of sp³-hybridized carbons (Fsp3) is 0.167. The second-order valence-corrected chi connectivity index (χ2v) is 3.20. The van der Waals surface area contributed by atoms with Crippen molar-refractivity contribution >= 4 is 22.7 Å². The highest BCUT2D eigenvalue weighted by Crippen LogP contribution is 2.19. The summed E-state index contributed by atoms with van der Waals surface area (Å²) >= 11 is 0. The molecule has 82 valence electrons. The highest BCUT2D eigenvalue weighted by atomic mass is 16.5. The largest absolute Gasteiger partial charge is 0.460 e. The minimum Gasteiger partial charge on any atom is -0.460 e. The van der Waals surface area contributed by atoms with Crippen LogP contribution in [0.3, 0.4) is 0 Å². The number of para-hydroxylation sites is 1. The van der Waals surface area contributed by atoms with Gasteiger partial charge < -0.3 is 9.15 Å². The van der Waals surface area contributed by atoms with Crippen molar-refractivity contribution in [1.82, 2.24) is 0 Å². The number of ether oxygens (including phenoxy) is 1. The number of benzene rings is 1. The zero-order valence-corrected chi connectivity index (χ0v) is 8.73. The Labute approximate surface area is 91.8 Å². The van der Waals surface area contributed by atoms with E-state index in [2.05, 4.69) is 4.74 Å². The molecule has 0 atom stereocenters. The molecule has 0 spiro atoms. The zero-order valence-electron chi connectivity index (χ0n) is 8.73. The number of rotatable bonds is 3. The van der Waals surface area contributed by atoms with Crippen molar-refractivity contribution in [3.8, 4) is 0 Å². The predicted octanol–water partition coefficient (Wildman–Crippen LogP) is 2.18. The zero-order chi connectivity index (χ0) is 11.5. The Balaban J connectivity index is 2.33. The van der Waals surface area contributed by atoms with Gasteiger partial charge in [0.2, 0.25) is 0 Å². The van der Waals surface area contributed by atoms with Gasteiger partial charge in [-0.3, -0.25) is 4.79 Å². The van der Waals surface area contributed by atoms with Crippen molar-refractivity contribution in [3.63, 3.8) is 0 Å². The molecule has 0 saturated heterocycles. The average molecular weight is 218 g/mol. The summed E-state index contributed by atoms with van der Waals surface area (Å²) in [5, 5.41) is 0.787. The van der Waals surface area contributed by atoms with E-state index in [1.165, 1.54) is 6.07 Å². The highest BCUT2D eigenvalue weighted by Gasteiger charge is 2.21. The van der Waals surface area contributed by atoms with E-state index < -0.39 is 11.8 Å². The molecule has 0 fully saturated rings. The first-order chi connectivity index (χ1) is 7.72. The Hall–Kier alpha value is -2.10. The van der Waals surface area contributed by atoms with E-state index >= 15 is 0 Å². The van der Waals surface area contributed by atoms with Crippen molar-refractivity contribution in [2.75, 3.05) is 6.61 Å². The number of esters is 1. The second kappa shape index (κ2) is 4.18. The van der Waals surface area contributed by atoms with Crippen LogP contribution in [0.15, 0.2) is 34.7 Å². The van der Waals surface area contributed by atoms with Crippen LogP contribution in [0.25, 0.3) is 11.0 Å². The summed E-state index contributed by atoms with van der Waals surface area (Å²) in [5.41, 5.74) is 0.579. The number of hydrogen-bond donors (Lipinski definition) is 0. The van der Waals surface area contributed by atoms with Crippen molar-refractivity contribution in [2.45, 2.75) is 6.92 Å². The Kier molecular flexibility index (Phi) is 2.72. The Bertz CT molecular complexity index is 506. The van der Waals surface area contributed by atoms with Gasteiger partial charge in [-0.25, -0.2) is 4.79 Å². The number of carbonyl (C=O) groups excluding carboxylic acids is 2. The van der Waals surface area contributed by atoms with Crippen LogP contribution in [0, 0.1) is 0 Å². The molecule has 16 heavy (non-hydrogen) atoms. The van der Waals surface area contributed by atoms with Gasteiger partial charge in [0.1, 0.15) is 5.58 Å². The fourth-order valence-corrected chi connectivity index (χ4v) is 1.39. The molecule has 1 aromatic heterocycles. The first-order valence-electron chi connectivity index (χ1n) is 4.92. The predicted molar refractivity (Wildman–Crippen MR) is 57.2 cm³/mol. The summed E-state index contributed by atoms with van der Waals surface area (Å²) in [6, 6.07) is 8.70. The van der Waals surface area contributed by atoms with Crippen LogP contribution >= 0.6 is 0 Å². The summed E-state index contributed by atoms with van der Waals surface area (Å²) in [7, 11) is 0. The van der Waals surface area contributed by atoms with E-state index in [1.54, 1.807) is 25.1 Å². The monoisotopic (exact) mass is 218 g/mol. The number of hydrogen-bond acceptors (Lipinski definition) is 4. The molecular formula is C12H10O4. The standard InChI is InChI=1S/C12H10O4/c1-2-15-12(14)11(13)10-7-8-5-3-4-6-9(8)16-10/h3-7H,2H2,1H3. The maximum Gasteiger partial charge on any atom is 0.383 e. The number of carbonyl (C=O) groups is 2. The minimum absolute atomic E-state index is 0.0136. The van der Waals surface area contributed by atoms with Gasteiger partial charge in [0.25, 0.3) is 0 Å². The topological polar surface area (TPSA) is 56.5 Å². The molecule has 0 amide bonds. The molecule has 1 heterocycles. The summed E-state index contributed by atoms with van der Waals surface area (Å²) in [4.78, 5) is 22.7. The molecule has 0 radical (unpaired) electrons. The molecule has 2 rings (SSSR count). The van der Waals surface area contributed by atoms with Gasteiger partial charge in [0.05, 0.1) is 6.61 Å². The van der Waals surface area contributed by atoms with Crippen LogP contribution in [0.5, 0.6) is 0 Å². The molecule has 0 saturated carbocycles. The lowest BCUT2D eigenvalue weighted by Gasteiger charge is -1.96. The summed E-state index contributed by atoms with van der Waals surface area (Å²) in [5.74, 6) is -1.63. The SMILES string of the molecule is CCOC(=O)C(=O)c1cc2ccccc2o1. The quantitative estimate of drug-likeness (QED) is 0.450. The van der Waals surface area contributed by atoms with Gasteiger partial charge in [-0.05, 0) is 19.1 Å². The van der Waals surface area contributed by atoms with Gasteiger partial charge >= 0.3 is 11.8 Å². The minimum atomic E-state index is -0.887.